The van der Waals surface area contributed by atoms with Crippen molar-refractivity contribution >= 4 is 40.3 Å². The summed E-state index contributed by atoms with van der Waals surface area (Å²) in [5.41, 5.74) is 0. The van der Waals surface area contributed by atoms with Crippen LogP contribution in [0.15, 0.2) is 21.5 Å². The summed E-state index contributed by atoms with van der Waals surface area (Å²) in [4.78, 5) is 12.1. The van der Waals surface area contributed by atoms with E-state index in [1.54, 1.807) is 6.08 Å². The monoisotopic (exact) mass is 265 g/mol. The van der Waals surface area contributed by atoms with Crippen molar-refractivity contribution in [3.8, 4) is 0 Å². The Morgan fingerprint density at radius 3 is 2.94 bits per heavy atom. The first-order chi connectivity index (χ1) is 8.13. The van der Waals surface area contributed by atoms with Crippen LogP contribution < -0.4 is 5.32 Å². The average molecular weight is 265 g/mol. The van der Waals surface area contributed by atoms with Crippen molar-refractivity contribution in [2.45, 2.75) is 19.3 Å². The van der Waals surface area contributed by atoms with E-state index < -0.39 is 0 Å². The molecule has 1 aromatic rings. The Morgan fingerprint density at radius 2 is 2.35 bits per heavy atom. The second-order valence-corrected chi connectivity index (χ2v) is 6.13. The Bertz CT molecular complexity index is 532. The minimum atomic E-state index is -0.141. The molecule has 2 atom stereocenters. The maximum Gasteiger partial charge on any atom is 0.263 e. The predicted molar refractivity (Wildman–Crippen MR) is 71.5 cm³/mol. The van der Waals surface area contributed by atoms with Gasteiger partial charge >= 0.3 is 0 Å². The van der Waals surface area contributed by atoms with Gasteiger partial charge in [-0.1, -0.05) is 30.9 Å². The third-order valence-corrected chi connectivity index (χ3v) is 4.20. The summed E-state index contributed by atoms with van der Waals surface area (Å²) in [6.45, 7) is 2.21. The Hall–Kier alpha value is -1.07. The number of nitrogens with one attached hydrogen (secondary N) is 1. The first-order valence-electron chi connectivity index (χ1n) is 5.48. The number of thioether (sulfide) groups is 1. The maximum absolute atomic E-state index is 11.5. The van der Waals surface area contributed by atoms with Crippen molar-refractivity contribution in [2.24, 2.45) is 5.92 Å². The zero-order valence-electron chi connectivity index (χ0n) is 9.23. The van der Waals surface area contributed by atoms with Gasteiger partial charge in [0, 0.05) is 12.0 Å². The van der Waals surface area contributed by atoms with Gasteiger partial charge in [0.25, 0.3) is 5.91 Å². The van der Waals surface area contributed by atoms with Crippen LogP contribution in [-0.4, -0.2) is 10.2 Å². The molecule has 5 heteroatoms. The van der Waals surface area contributed by atoms with Gasteiger partial charge in [0.1, 0.15) is 15.8 Å². The molecule has 3 nitrogen and oxygen atoms in total. The van der Waals surface area contributed by atoms with Gasteiger partial charge in [0.05, 0.1) is 4.91 Å². The highest BCUT2D eigenvalue weighted by atomic mass is 32.2. The third kappa shape index (κ3) is 2.17. The standard InChI is InChI=1S/C12H11NO2S2/c1-6-4-8(6)9-3-2-7(15-9)5-10-11(14)13-12(16)17-10/h2-3,5-6,8H,4H2,1H3,(H,13,14,16). The van der Waals surface area contributed by atoms with Crippen LogP contribution in [0.1, 0.15) is 30.8 Å². The fraction of sp³-hybridized carbons (Fsp3) is 0.333. The molecule has 2 unspecified atom stereocenters. The second kappa shape index (κ2) is 3.99. The van der Waals surface area contributed by atoms with Crippen LogP contribution in [0.4, 0.5) is 0 Å². The molecular weight excluding hydrogens is 254 g/mol. The van der Waals surface area contributed by atoms with Crippen molar-refractivity contribution in [1.29, 1.82) is 0 Å². The number of hydrogen-bond acceptors (Lipinski definition) is 4. The molecule has 1 aliphatic carbocycles. The second-order valence-electron chi connectivity index (χ2n) is 4.41. The predicted octanol–water partition coefficient (Wildman–Crippen LogP) is 2.89. The number of hydrogen-bond donors (Lipinski definition) is 1. The zero-order valence-corrected chi connectivity index (χ0v) is 10.9. The van der Waals surface area contributed by atoms with Crippen molar-refractivity contribution in [3.05, 3.63) is 28.6 Å². The van der Waals surface area contributed by atoms with Gasteiger partial charge in [-0.3, -0.25) is 4.79 Å². The van der Waals surface area contributed by atoms with Gasteiger partial charge in [-0.15, -0.1) is 0 Å². The summed E-state index contributed by atoms with van der Waals surface area (Å²) < 4.78 is 6.21. The van der Waals surface area contributed by atoms with E-state index in [4.69, 9.17) is 16.6 Å². The van der Waals surface area contributed by atoms with Gasteiger partial charge in [0.15, 0.2) is 0 Å². The van der Waals surface area contributed by atoms with E-state index in [1.165, 1.54) is 18.2 Å². The van der Waals surface area contributed by atoms with Crippen LogP contribution in [0.5, 0.6) is 0 Å². The number of carbonyl (C=O) groups is 1. The first kappa shape index (κ1) is 11.0. The minimum absolute atomic E-state index is 0.141. The molecule has 2 heterocycles. The Balaban J connectivity index is 1.81. The topological polar surface area (TPSA) is 42.2 Å². The highest BCUT2D eigenvalue weighted by Gasteiger charge is 2.36. The van der Waals surface area contributed by atoms with Crippen LogP contribution in [-0.2, 0) is 4.79 Å². The number of rotatable bonds is 2. The molecule has 1 aromatic heterocycles. The van der Waals surface area contributed by atoms with Gasteiger partial charge < -0.3 is 9.73 Å². The molecule has 0 bridgehead atoms. The molecule has 88 valence electrons. The van der Waals surface area contributed by atoms with Crippen LogP contribution in [0.2, 0.25) is 0 Å². The van der Waals surface area contributed by atoms with Crippen molar-refractivity contribution in [2.75, 3.05) is 0 Å². The van der Waals surface area contributed by atoms with E-state index in [9.17, 15) is 4.79 Å². The molecule has 0 aromatic carbocycles. The van der Waals surface area contributed by atoms with Crippen LogP contribution in [0.25, 0.3) is 6.08 Å². The van der Waals surface area contributed by atoms with Crippen molar-refractivity contribution in [3.63, 3.8) is 0 Å². The maximum atomic E-state index is 11.5. The van der Waals surface area contributed by atoms with Crippen LogP contribution in [0.3, 0.4) is 0 Å². The number of thiocarbonyl (C=S) groups is 1. The van der Waals surface area contributed by atoms with E-state index in [2.05, 4.69) is 12.2 Å². The van der Waals surface area contributed by atoms with E-state index in [0.29, 0.717) is 15.1 Å². The molecule has 1 N–H and O–H groups in total. The summed E-state index contributed by atoms with van der Waals surface area (Å²) >= 11 is 6.20. The lowest BCUT2D eigenvalue weighted by atomic mass is 10.3. The number of furan rings is 1. The molecule has 1 saturated carbocycles. The highest BCUT2D eigenvalue weighted by molar-refractivity contribution is 8.26. The summed E-state index contributed by atoms with van der Waals surface area (Å²) in [6.07, 6.45) is 2.94. The number of carbonyl (C=O) groups excluding carboxylic acids is 1. The fourth-order valence-electron chi connectivity index (χ4n) is 1.91. The summed E-state index contributed by atoms with van der Waals surface area (Å²) in [5, 5.41) is 2.58. The lowest BCUT2D eigenvalue weighted by Crippen LogP contribution is -2.17. The molecule has 2 fully saturated rings. The highest BCUT2D eigenvalue weighted by Crippen LogP contribution is 2.47. The van der Waals surface area contributed by atoms with Gasteiger partial charge in [-0.05, 0) is 24.5 Å². The van der Waals surface area contributed by atoms with Crippen LogP contribution >= 0.6 is 24.0 Å². The van der Waals surface area contributed by atoms with E-state index in [0.717, 1.165) is 17.4 Å². The summed E-state index contributed by atoms with van der Waals surface area (Å²) in [7, 11) is 0. The van der Waals surface area contributed by atoms with E-state index in [1.807, 2.05) is 12.1 Å². The summed E-state index contributed by atoms with van der Waals surface area (Å²) in [5.74, 6) is 2.89. The number of amides is 1. The Morgan fingerprint density at radius 1 is 1.59 bits per heavy atom. The quantitative estimate of drug-likeness (QED) is 0.659. The lowest BCUT2D eigenvalue weighted by Gasteiger charge is -1.92. The third-order valence-electron chi connectivity index (χ3n) is 3.04. The minimum Gasteiger partial charge on any atom is -0.461 e. The molecule has 3 rings (SSSR count). The molecule has 17 heavy (non-hydrogen) atoms. The van der Waals surface area contributed by atoms with Crippen LogP contribution in [0, 0.1) is 5.92 Å². The normalized spacial score (nSPS) is 29.8. The summed E-state index contributed by atoms with van der Waals surface area (Å²) in [6, 6.07) is 3.90. The smallest absolute Gasteiger partial charge is 0.263 e. The van der Waals surface area contributed by atoms with Gasteiger partial charge in [0.2, 0.25) is 0 Å². The SMILES string of the molecule is CC1CC1c1ccc(C=C2SC(=S)NC2=O)o1. The molecule has 1 aliphatic heterocycles. The van der Waals surface area contributed by atoms with E-state index >= 15 is 0 Å². The molecule has 0 spiro atoms. The van der Waals surface area contributed by atoms with Crippen molar-refractivity contribution in [1.82, 2.24) is 5.32 Å². The molecule has 2 aliphatic rings. The van der Waals surface area contributed by atoms with Crippen molar-refractivity contribution < 1.29 is 9.21 Å². The zero-order chi connectivity index (χ0) is 12.0. The molecule has 0 radical (unpaired) electrons. The van der Waals surface area contributed by atoms with Gasteiger partial charge in [-0.25, -0.2) is 0 Å². The van der Waals surface area contributed by atoms with E-state index in [-0.39, 0.29) is 5.91 Å². The molecule has 1 saturated heterocycles. The Labute approximate surface area is 109 Å². The fourth-order valence-corrected chi connectivity index (χ4v) is 2.94. The molecule has 1 amide bonds. The molecular formula is C12H11NO2S2. The Kier molecular flexibility index (Phi) is 2.60. The first-order valence-corrected chi connectivity index (χ1v) is 6.70. The largest absolute Gasteiger partial charge is 0.461 e. The lowest BCUT2D eigenvalue weighted by molar-refractivity contribution is -0.115. The van der Waals surface area contributed by atoms with Gasteiger partial charge in [-0.2, -0.15) is 0 Å². The average Bonchev–Trinajstić information content (AvgIpc) is 2.71.